The first-order valence-electron chi connectivity index (χ1n) is 18.6. The van der Waals surface area contributed by atoms with Crippen LogP contribution in [-0.4, -0.2) is 43.3 Å². The Labute approximate surface area is 317 Å². The molecule has 2 N–H and O–H groups in total. The summed E-state index contributed by atoms with van der Waals surface area (Å²) in [6.07, 6.45) is 0.860. The van der Waals surface area contributed by atoms with Gasteiger partial charge in [-0.2, -0.15) is 0 Å². The number of aromatic nitrogens is 2. The first-order valence-corrected chi connectivity index (χ1v) is 18.6. The molecule has 0 bridgehead atoms. The maximum atomic E-state index is 10.8. The molecule has 0 amide bonds. The molecule has 0 aliphatic heterocycles. The highest BCUT2D eigenvalue weighted by molar-refractivity contribution is 6.55. The third-order valence-electron chi connectivity index (χ3n) is 11.2. The van der Waals surface area contributed by atoms with Gasteiger partial charge >= 0.3 is 0 Å². The Morgan fingerprint density at radius 3 is 1.56 bits per heavy atom. The number of para-hydroxylation sites is 2. The number of hydrogen-bond acceptors (Lipinski definition) is 3. The van der Waals surface area contributed by atoms with Crippen LogP contribution >= 0.6 is 0 Å². The zero-order valence-electron chi connectivity index (χ0n) is 30.9. The third-order valence-corrected chi connectivity index (χ3v) is 11.2. The van der Waals surface area contributed by atoms with Gasteiger partial charge in [0, 0.05) is 12.1 Å². The lowest BCUT2D eigenvalue weighted by atomic mass is 9.70. The number of aryl methyl sites for hydroxylation is 1. The molecule has 9 aromatic rings. The van der Waals surface area contributed by atoms with Crippen molar-refractivity contribution in [2.75, 3.05) is 0 Å². The number of nitrogens with zero attached hydrogens (tertiary/aromatic N) is 2. The Kier molecular flexibility index (Phi) is 8.16. The van der Waals surface area contributed by atoms with Crippen molar-refractivity contribution in [2.24, 2.45) is 0 Å². The number of rotatable bonds is 6. The number of aromatic hydroxyl groups is 2. The topological polar surface area (TPSA) is 58.3 Å². The smallest absolute Gasteiger partial charge is 0.150 e. The van der Waals surface area contributed by atoms with E-state index in [0.29, 0.717) is 10.9 Å². The summed E-state index contributed by atoms with van der Waals surface area (Å²) in [6, 6.07) is 52.1. The lowest BCUT2D eigenvalue weighted by Crippen LogP contribution is -2.33. The van der Waals surface area contributed by atoms with Crippen molar-refractivity contribution in [2.45, 2.75) is 13.3 Å². The molecule has 256 valence electrons. The van der Waals surface area contributed by atoms with Gasteiger partial charge in [0.25, 0.3) is 0 Å². The van der Waals surface area contributed by atoms with Crippen LogP contribution in [0.1, 0.15) is 12.7 Å². The minimum atomic E-state index is -0.0597. The summed E-state index contributed by atoms with van der Waals surface area (Å²) in [5, 5.41) is 26.1. The number of fused-ring (bicyclic) bond motifs is 3. The molecule has 0 spiro atoms. The van der Waals surface area contributed by atoms with E-state index in [-0.39, 0.29) is 11.5 Å². The number of phenolic OH excluding ortho intramolecular Hbond substituents is 2. The quantitative estimate of drug-likeness (QED) is 0.115. The molecule has 0 atom stereocenters. The lowest BCUT2D eigenvalue weighted by molar-refractivity contribution is 0.410. The molecule has 0 saturated carbocycles. The van der Waals surface area contributed by atoms with Crippen LogP contribution in [0.2, 0.25) is 0 Å². The fourth-order valence-corrected chi connectivity index (χ4v) is 8.37. The van der Waals surface area contributed by atoms with E-state index in [2.05, 4.69) is 151 Å². The van der Waals surface area contributed by atoms with Crippen molar-refractivity contribution in [1.82, 2.24) is 9.55 Å². The molecule has 0 unspecified atom stereocenters. The third kappa shape index (κ3) is 5.30. The Morgan fingerprint density at radius 1 is 0.481 bits per heavy atom. The van der Waals surface area contributed by atoms with Crippen LogP contribution in [0.5, 0.6) is 11.5 Å². The van der Waals surface area contributed by atoms with Gasteiger partial charge in [0.2, 0.25) is 0 Å². The molecule has 54 heavy (non-hydrogen) atoms. The van der Waals surface area contributed by atoms with E-state index in [1.54, 1.807) is 0 Å². The predicted octanol–water partition coefficient (Wildman–Crippen LogP) is 6.75. The van der Waals surface area contributed by atoms with Crippen LogP contribution in [0, 0.1) is 0 Å². The van der Waals surface area contributed by atoms with Crippen LogP contribution in [0.4, 0.5) is 0 Å². The summed E-state index contributed by atoms with van der Waals surface area (Å²) in [4.78, 5) is 4.87. The van der Waals surface area contributed by atoms with E-state index in [9.17, 15) is 10.2 Å². The Bertz CT molecular complexity index is 2830. The molecular weight excluding hydrogens is 657 g/mol. The minimum Gasteiger partial charge on any atom is -0.505 e. The van der Waals surface area contributed by atoms with E-state index in [0.717, 1.165) is 51.1 Å². The van der Waals surface area contributed by atoms with Crippen LogP contribution < -0.4 is 16.4 Å². The summed E-state index contributed by atoms with van der Waals surface area (Å²) in [6.45, 7) is 2.15. The van der Waals surface area contributed by atoms with Gasteiger partial charge < -0.3 is 10.2 Å². The molecular formula is C47H37B3N2O2. The van der Waals surface area contributed by atoms with E-state index in [4.69, 9.17) is 4.98 Å². The second kappa shape index (κ2) is 13.2. The average molecular weight is 694 g/mol. The first-order chi connectivity index (χ1) is 26.3. The molecule has 4 nitrogen and oxygen atoms in total. The van der Waals surface area contributed by atoms with Gasteiger partial charge in [0.1, 0.15) is 35.1 Å². The zero-order valence-corrected chi connectivity index (χ0v) is 30.9. The molecule has 1 heterocycles. The minimum absolute atomic E-state index is 0.0478. The van der Waals surface area contributed by atoms with Crippen molar-refractivity contribution in [3.8, 4) is 61.7 Å². The molecule has 8 aromatic carbocycles. The van der Waals surface area contributed by atoms with E-state index in [1.165, 1.54) is 49.4 Å². The highest BCUT2D eigenvalue weighted by Gasteiger charge is 2.20. The molecule has 0 radical (unpaired) electrons. The number of benzene rings is 8. The molecule has 0 aliphatic rings. The molecule has 0 aliphatic carbocycles. The standard InChI is InChI=1S/C47H37B3N2O2/c1-2-39-51-37-16-7-8-17-38(37)52(39)32-24-22-28(23-25-32)27-18-20-29(21-19-27)40-33-12-3-5-14-35(33)41(36-15-6-4-13-34(36)40)30-10-9-11-31(26-30)42-43(48)45(50)47(54)46(53)44(42)49/h3-26,53-54H,2,48-50H2,1H3. The van der Waals surface area contributed by atoms with Crippen molar-refractivity contribution in [3.63, 3.8) is 0 Å². The molecule has 1 aromatic heterocycles. The second-order valence-corrected chi connectivity index (χ2v) is 14.2. The van der Waals surface area contributed by atoms with Crippen molar-refractivity contribution >= 4 is 72.5 Å². The lowest BCUT2D eigenvalue weighted by Gasteiger charge is -2.20. The van der Waals surface area contributed by atoms with Gasteiger partial charge in [-0.1, -0.05) is 128 Å². The Hall–Kier alpha value is -6.46. The van der Waals surface area contributed by atoms with Gasteiger partial charge in [-0.25, -0.2) is 4.98 Å². The Morgan fingerprint density at radius 2 is 0.963 bits per heavy atom. The van der Waals surface area contributed by atoms with Gasteiger partial charge in [-0.15, -0.1) is 0 Å². The summed E-state index contributed by atoms with van der Waals surface area (Å²) in [5.74, 6) is 0.952. The normalized spacial score (nSPS) is 11.5. The fraction of sp³-hybridized carbons (Fsp3) is 0.0426. The van der Waals surface area contributed by atoms with Crippen molar-refractivity contribution < 1.29 is 10.2 Å². The van der Waals surface area contributed by atoms with Gasteiger partial charge in [0.15, 0.2) is 5.75 Å². The van der Waals surface area contributed by atoms with Crippen LogP contribution in [0.15, 0.2) is 146 Å². The second-order valence-electron chi connectivity index (χ2n) is 14.2. The first kappa shape index (κ1) is 33.4. The van der Waals surface area contributed by atoms with Crippen molar-refractivity contribution in [3.05, 3.63) is 151 Å². The van der Waals surface area contributed by atoms with Gasteiger partial charge in [-0.3, -0.25) is 4.57 Å². The maximum absolute atomic E-state index is 10.8. The molecule has 0 fully saturated rings. The van der Waals surface area contributed by atoms with Crippen LogP contribution in [0.3, 0.4) is 0 Å². The van der Waals surface area contributed by atoms with Crippen LogP contribution in [-0.2, 0) is 6.42 Å². The van der Waals surface area contributed by atoms with E-state index < -0.39 is 0 Å². The van der Waals surface area contributed by atoms with E-state index in [1.807, 2.05) is 29.6 Å². The van der Waals surface area contributed by atoms with E-state index >= 15 is 0 Å². The zero-order chi connectivity index (χ0) is 37.1. The highest BCUT2D eigenvalue weighted by Crippen LogP contribution is 2.44. The van der Waals surface area contributed by atoms with Crippen LogP contribution in [0.25, 0.3) is 82.8 Å². The molecule has 9 rings (SSSR count). The number of imidazole rings is 1. The number of hydrogen-bond donors (Lipinski definition) is 2. The summed E-state index contributed by atoms with van der Waals surface area (Å²) in [7, 11) is 5.73. The van der Waals surface area contributed by atoms with Gasteiger partial charge in [0.05, 0.1) is 11.0 Å². The summed E-state index contributed by atoms with van der Waals surface area (Å²) >= 11 is 0. The van der Waals surface area contributed by atoms with Crippen molar-refractivity contribution in [1.29, 1.82) is 0 Å². The SMILES string of the molecule is Bc1c(B)c(-c2cccc(-c3c4ccccc4c(-c4ccc(-c5ccc(-n6c(CC)nc7ccccc76)cc5)cc4)c4ccccc34)c2)c(B)c(O)c1O. The largest absolute Gasteiger partial charge is 0.505 e. The summed E-state index contributed by atoms with van der Waals surface area (Å²) < 4.78 is 2.26. The maximum Gasteiger partial charge on any atom is 0.150 e. The predicted molar refractivity (Wildman–Crippen MR) is 235 cm³/mol. The monoisotopic (exact) mass is 694 g/mol. The molecule has 7 heteroatoms. The van der Waals surface area contributed by atoms with Gasteiger partial charge in [-0.05, 0) is 107 Å². The molecule has 0 saturated heterocycles. The average Bonchev–Trinajstić information content (AvgIpc) is 3.60. The number of phenols is 2. The fourth-order valence-electron chi connectivity index (χ4n) is 8.37. The Balaban J connectivity index is 1.14. The summed E-state index contributed by atoms with van der Waals surface area (Å²) in [5.41, 5.74) is 14.5. The highest BCUT2D eigenvalue weighted by atomic mass is 16.3.